The van der Waals surface area contributed by atoms with E-state index in [0.29, 0.717) is 11.6 Å². The van der Waals surface area contributed by atoms with Gasteiger partial charge in [0.25, 0.3) is 0 Å². The lowest BCUT2D eigenvalue weighted by atomic mass is 9.99. The molecule has 0 unspecified atom stereocenters. The predicted octanol–water partition coefficient (Wildman–Crippen LogP) is 2.17. The van der Waals surface area contributed by atoms with Gasteiger partial charge < -0.3 is 9.80 Å². The molecular formula is C18H29N3O3S. The number of anilines is 2. The fourth-order valence-electron chi connectivity index (χ4n) is 3.02. The number of piperidine rings is 1. The zero-order chi connectivity index (χ0) is 18.6. The molecule has 0 spiro atoms. The van der Waals surface area contributed by atoms with Crippen LogP contribution in [0.1, 0.15) is 26.2 Å². The van der Waals surface area contributed by atoms with Crippen molar-refractivity contribution in [3.63, 3.8) is 0 Å². The summed E-state index contributed by atoms with van der Waals surface area (Å²) in [5, 5.41) is 0. The van der Waals surface area contributed by atoms with Crippen molar-refractivity contribution < 1.29 is 13.2 Å². The molecule has 1 heterocycles. The van der Waals surface area contributed by atoms with E-state index in [1.54, 1.807) is 12.1 Å². The van der Waals surface area contributed by atoms with Crippen molar-refractivity contribution in [2.45, 2.75) is 26.2 Å². The van der Waals surface area contributed by atoms with Crippen molar-refractivity contribution in [1.82, 2.24) is 4.90 Å². The van der Waals surface area contributed by atoms with Gasteiger partial charge in [-0.2, -0.15) is 0 Å². The van der Waals surface area contributed by atoms with E-state index < -0.39 is 10.0 Å². The standard InChI is InChI=1S/C18H29N3O3S/c1-15-9-12-20(13-10-15)18(22)11-14-21(25(4,23)24)17-7-5-16(6-8-17)19(2)3/h5-8,15H,9-14H2,1-4H3. The number of hydrogen-bond acceptors (Lipinski definition) is 4. The number of rotatable bonds is 6. The van der Waals surface area contributed by atoms with Crippen LogP contribution in [0, 0.1) is 5.92 Å². The normalized spacial score (nSPS) is 15.9. The first kappa shape index (κ1) is 19.6. The Morgan fingerprint density at radius 3 is 2.12 bits per heavy atom. The van der Waals surface area contributed by atoms with Gasteiger partial charge in [-0.25, -0.2) is 8.42 Å². The van der Waals surface area contributed by atoms with Gasteiger partial charge in [0.2, 0.25) is 15.9 Å². The smallest absolute Gasteiger partial charge is 0.232 e. The van der Waals surface area contributed by atoms with Crippen LogP contribution in [0.15, 0.2) is 24.3 Å². The summed E-state index contributed by atoms with van der Waals surface area (Å²) in [4.78, 5) is 16.2. The van der Waals surface area contributed by atoms with Gasteiger partial charge in [-0.15, -0.1) is 0 Å². The molecule has 0 aliphatic carbocycles. The van der Waals surface area contributed by atoms with Gasteiger partial charge in [0.05, 0.1) is 11.9 Å². The number of sulfonamides is 1. The van der Waals surface area contributed by atoms with Gasteiger partial charge in [0.15, 0.2) is 0 Å². The Balaban J connectivity index is 2.05. The van der Waals surface area contributed by atoms with Crippen LogP contribution in [-0.4, -0.2) is 59.2 Å². The fraction of sp³-hybridized carbons (Fsp3) is 0.611. The number of likely N-dealkylation sites (tertiary alicyclic amines) is 1. The van der Waals surface area contributed by atoms with Crippen molar-refractivity contribution in [3.05, 3.63) is 24.3 Å². The molecular weight excluding hydrogens is 338 g/mol. The van der Waals surface area contributed by atoms with Gasteiger partial charge in [-0.3, -0.25) is 9.10 Å². The van der Waals surface area contributed by atoms with E-state index in [2.05, 4.69) is 6.92 Å². The highest BCUT2D eigenvalue weighted by atomic mass is 32.2. The molecule has 25 heavy (non-hydrogen) atoms. The highest BCUT2D eigenvalue weighted by molar-refractivity contribution is 7.92. The molecule has 1 aliphatic rings. The number of nitrogens with zero attached hydrogens (tertiary/aromatic N) is 3. The molecule has 0 bridgehead atoms. The molecule has 7 heteroatoms. The molecule has 1 aromatic rings. The van der Waals surface area contributed by atoms with E-state index >= 15 is 0 Å². The zero-order valence-corrected chi connectivity index (χ0v) is 16.4. The summed E-state index contributed by atoms with van der Waals surface area (Å²) < 4.78 is 25.7. The van der Waals surface area contributed by atoms with Gasteiger partial charge in [0, 0.05) is 45.8 Å². The Kier molecular flexibility index (Phi) is 6.32. The Morgan fingerprint density at radius 2 is 1.64 bits per heavy atom. The first-order valence-corrected chi connectivity index (χ1v) is 10.6. The minimum absolute atomic E-state index is 0.0328. The van der Waals surface area contributed by atoms with Crippen LogP contribution in [0.3, 0.4) is 0 Å². The molecule has 0 atom stereocenters. The Labute approximate surface area is 151 Å². The Morgan fingerprint density at radius 1 is 1.12 bits per heavy atom. The highest BCUT2D eigenvalue weighted by Gasteiger charge is 2.23. The topological polar surface area (TPSA) is 60.9 Å². The molecule has 0 N–H and O–H groups in total. The Hall–Kier alpha value is -1.76. The summed E-state index contributed by atoms with van der Waals surface area (Å²) >= 11 is 0. The molecule has 0 aromatic heterocycles. The third kappa shape index (κ3) is 5.36. The third-order valence-electron chi connectivity index (χ3n) is 4.72. The number of amides is 1. The summed E-state index contributed by atoms with van der Waals surface area (Å²) in [5.41, 5.74) is 1.59. The van der Waals surface area contributed by atoms with Crippen LogP contribution in [0.2, 0.25) is 0 Å². The summed E-state index contributed by atoms with van der Waals surface area (Å²) in [6, 6.07) is 7.32. The lowest BCUT2D eigenvalue weighted by Gasteiger charge is -2.31. The van der Waals surface area contributed by atoms with Crippen LogP contribution in [0.5, 0.6) is 0 Å². The molecule has 0 saturated carbocycles. The van der Waals surface area contributed by atoms with Crippen molar-refractivity contribution in [2.75, 3.05) is 49.2 Å². The lowest BCUT2D eigenvalue weighted by Crippen LogP contribution is -2.40. The van der Waals surface area contributed by atoms with Crippen LogP contribution >= 0.6 is 0 Å². The molecule has 0 radical (unpaired) electrons. The minimum atomic E-state index is -3.44. The maximum atomic E-state index is 12.4. The zero-order valence-electron chi connectivity index (χ0n) is 15.6. The second-order valence-corrected chi connectivity index (χ2v) is 8.97. The van der Waals surface area contributed by atoms with Crippen molar-refractivity contribution in [3.8, 4) is 0 Å². The number of carbonyl (C=O) groups excluding carboxylic acids is 1. The maximum Gasteiger partial charge on any atom is 0.232 e. The molecule has 1 fully saturated rings. The van der Waals surface area contributed by atoms with E-state index in [0.717, 1.165) is 31.6 Å². The number of hydrogen-bond donors (Lipinski definition) is 0. The number of carbonyl (C=O) groups is 1. The van der Waals surface area contributed by atoms with Crippen LogP contribution in [0.4, 0.5) is 11.4 Å². The lowest BCUT2D eigenvalue weighted by molar-refractivity contribution is -0.132. The van der Waals surface area contributed by atoms with Gasteiger partial charge >= 0.3 is 0 Å². The summed E-state index contributed by atoms with van der Waals surface area (Å²) in [7, 11) is 0.427. The molecule has 6 nitrogen and oxygen atoms in total. The largest absolute Gasteiger partial charge is 0.378 e. The number of benzene rings is 1. The summed E-state index contributed by atoms with van der Waals surface area (Å²) in [6.45, 7) is 3.92. The Bertz CT molecular complexity index is 678. The van der Waals surface area contributed by atoms with E-state index in [9.17, 15) is 13.2 Å². The maximum absolute atomic E-state index is 12.4. The molecule has 2 rings (SSSR count). The van der Waals surface area contributed by atoms with Gasteiger partial charge in [-0.05, 0) is 43.0 Å². The molecule has 1 amide bonds. The van der Waals surface area contributed by atoms with E-state index in [1.165, 1.54) is 10.6 Å². The minimum Gasteiger partial charge on any atom is -0.378 e. The quantitative estimate of drug-likeness (QED) is 0.773. The fourth-order valence-corrected chi connectivity index (χ4v) is 3.94. The van der Waals surface area contributed by atoms with E-state index in [4.69, 9.17) is 0 Å². The molecule has 1 saturated heterocycles. The van der Waals surface area contributed by atoms with Crippen molar-refractivity contribution in [1.29, 1.82) is 0 Å². The molecule has 1 aliphatic heterocycles. The predicted molar refractivity (Wildman–Crippen MR) is 103 cm³/mol. The van der Waals surface area contributed by atoms with Crippen molar-refractivity contribution in [2.24, 2.45) is 5.92 Å². The third-order valence-corrected chi connectivity index (χ3v) is 5.91. The highest BCUT2D eigenvalue weighted by Crippen LogP contribution is 2.22. The van der Waals surface area contributed by atoms with Crippen LogP contribution in [0.25, 0.3) is 0 Å². The van der Waals surface area contributed by atoms with Crippen LogP contribution < -0.4 is 9.21 Å². The van der Waals surface area contributed by atoms with E-state index in [-0.39, 0.29) is 18.9 Å². The molecule has 140 valence electrons. The van der Waals surface area contributed by atoms with E-state index in [1.807, 2.05) is 36.0 Å². The second kappa shape index (κ2) is 8.08. The second-order valence-electron chi connectivity index (χ2n) is 7.06. The van der Waals surface area contributed by atoms with Crippen molar-refractivity contribution >= 4 is 27.3 Å². The molecule has 1 aromatic carbocycles. The summed E-state index contributed by atoms with van der Waals surface area (Å²) in [6.07, 6.45) is 3.43. The SMILES string of the molecule is CC1CCN(C(=O)CCN(c2ccc(N(C)C)cc2)S(C)(=O)=O)CC1. The van der Waals surface area contributed by atoms with Crippen LogP contribution in [-0.2, 0) is 14.8 Å². The van der Waals surface area contributed by atoms with Gasteiger partial charge in [0.1, 0.15) is 0 Å². The summed E-state index contributed by atoms with van der Waals surface area (Å²) in [5.74, 6) is 0.692. The first-order valence-electron chi connectivity index (χ1n) is 8.71. The average Bonchev–Trinajstić information content (AvgIpc) is 2.54. The average molecular weight is 368 g/mol. The monoisotopic (exact) mass is 367 g/mol. The first-order chi connectivity index (χ1) is 11.7. The van der Waals surface area contributed by atoms with Gasteiger partial charge in [-0.1, -0.05) is 6.92 Å².